The van der Waals surface area contributed by atoms with Gasteiger partial charge in [-0.15, -0.1) is 0 Å². The molecule has 0 spiro atoms. The number of hydrogen-bond acceptors (Lipinski definition) is 3. The molecule has 3 rings (SSSR count). The molecule has 0 aliphatic rings. The minimum absolute atomic E-state index is 0.135. The van der Waals surface area contributed by atoms with Gasteiger partial charge >= 0.3 is 0 Å². The third kappa shape index (κ3) is 4.91. The van der Waals surface area contributed by atoms with Crippen molar-refractivity contribution in [3.63, 3.8) is 0 Å². The summed E-state index contributed by atoms with van der Waals surface area (Å²) in [5.74, 6) is -0.422. The van der Waals surface area contributed by atoms with E-state index in [9.17, 15) is 13.2 Å². The van der Waals surface area contributed by atoms with E-state index < -0.39 is 15.9 Å². The third-order valence-corrected chi connectivity index (χ3v) is 7.52. The van der Waals surface area contributed by atoms with Crippen LogP contribution in [0.5, 0.6) is 0 Å². The van der Waals surface area contributed by atoms with Gasteiger partial charge in [0.05, 0.1) is 10.6 Å². The quantitative estimate of drug-likeness (QED) is 0.519. The van der Waals surface area contributed by atoms with Crippen molar-refractivity contribution >= 4 is 43.2 Å². The van der Waals surface area contributed by atoms with E-state index in [2.05, 4.69) is 21.2 Å². The normalized spacial score (nSPS) is 11.2. The van der Waals surface area contributed by atoms with E-state index in [1.54, 1.807) is 36.4 Å². The summed E-state index contributed by atoms with van der Waals surface area (Å²) in [5, 5.41) is 2.79. The molecule has 0 heterocycles. The average molecular weight is 487 g/mol. The Morgan fingerprint density at radius 3 is 2.23 bits per heavy atom. The molecule has 30 heavy (non-hydrogen) atoms. The van der Waals surface area contributed by atoms with Crippen LogP contribution in [0.15, 0.2) is 76.1 Å². The Hall–Kier alpha value is -2.64. The molecule has 156 valence electrons. The van der Waals surface area contributed by atoms with Crippen molar-refractivity contribution < 1.29 is 13.2 Å². The fourth-order valence-electron chi connectivity index (χ4n) is 2.97. The number of benzene rings is 3. The minimum Gasteiger partial charge on any atom is -0.325 e. The predicted molar refractivity (Wildman–Crippen MR) is 124 cm³/mol. The first kappa shape index (κ1) is 22.1. The summed E-state index contributed by atoms with van der Waals surface area (Å²) in [7, 11) is -3.92. The average Bonchev–Trinajstić information content (AvgIpc) is 2.72. The topological polar surface area (TPSA) is 66.5 Å². The van der Waals surface area contributed by atoms with Gasteiger partial charge in [0, 0.05) is 10.2 Å². The zero-order valence-electron chi connectivity index (χ0n) is 17.0. The van der Waals surface area contributed by atoms with E-state index >= 15 is 0 Å². The minimum atomic E-state index is -3.92. The molecule has 1 amide bonds. The van der Waals surface area contributed by atoms with Crippen LogP contribution in [0.25, 0.3) is 0 Å². The van der Waals surface area contributed by atoms with E-state index in [0.29, 0.717) is 11.4 Å². The highest BCUT2D eigenvalue weighted by Gasteiger charge is 2.27. The van der Waals surface area contributed by atoms with Crippen LogP contribution in [-0.2, 0) is 14.8 Å². The highest BCUT2D eigenvalue weighted by molar-refractivity contribution is 9.10. The summed E-state index contributed by atoms with van der Waals surface area (Å²) in [6.45, 7) is 5.45. The fraction of sp³-hybridized carbons (Fsp3) is 0.174. The zero-order chi connectivity index (χ0) is 21.9. The van der Waals surface area contributed by atoms with Crippen LogP contribution in [0.4, 0.5) is 11.4 Å². The fourth-order valence-corrected chi connectivity index (χ4v) is 4.65. The molecule has 0 atom stereocenters. The number of amides is 1. The molecular formula is C23H23BrN2O3S. The number of sulfonamides is 1. The lowest BCUT2D eigenvalue weighted by Crippen LogP contribution is -2.38. The van der Waals surface area contributed by atoms with Crippen molar-refractivity contribution in [1.82, 2.24) is 0 Å². The molecule has 0 bridgehead atoms. The van der Waals surface area contributed by atoms with Gasteiger partial charge in [-0.05, 0) is 79.9 Å². The van der Waals surface area contributed by atoms with Gasteiger partial charge in [-0.2, -0.15) is 0 Å². The molecule has 0 saturated heterocycles. The smallest absolute Gasteiger partial charge is 0.264 e. The number of nitrogens with zero attached hydrogens (tertiary/aromatic N) is 1. The molecule has 0 aliphatic heterocycles. The van der Waals surface area contributed by atoms with Crippen LogP contribution in [0, 0.1) is 20.8 Å². The van der Waals surface area contributed by atoms with Crippen LogP contribution in [0.1, 0.15) is 16.7 Å². The molecule has 0 aromatic heterocycles. The zero-order valence-corrected chi connectivity index (χ0v) is 19.4. The Kier molecular flexibility index (Phi) is 6.63. The summed E-state index contributed by atoms with van der Waals surface area (Å²) in [4.78, 5) is 12.9. The monoisotopic (exact) mass is 486 g/mol. The van der Waals surface area contributed by atoms with Crippen LogP contribution in [-0.4, -0.2) is 20.9 Å². The Bertz CT molecular complexity index is 1180. The first-order valence-electron chi connectivity index (χ1n) is 9.39. The molecule has 0 aliphatic carbocycles. The van der Waals surface area contributed by atoms with Gasteiger partial charge in [0.2, 0.25) is 5.91 Å². The number of halogens is 1. The van der Waals surface area contributed by atoms with Crippen molar-refractivity contribution in [2.24, 2.45) is 0 Å². The lowest BCUT2D eigenvalue weighted by atomic mass is 10.1. The lowest BCUT2D eigenvalue weighted by Gasteiger charge is -2.25. The van der Waals surface area contributed by atoms with Gasteiger partial charge in [0.15, 0.2) is 0 Å². The summed E-state index contributed by atoms with van der Waals surface area (Å²) in [6.07, 6.45) is 0. The van der Waals surface area contributed by atoms with Crippen LogP contribution in [0.3, 0.4) is 0 Å². The van der Waals surface area contributed by atoms with Gasteiger partial charge in [0.25, 0.3) is 10.0 Å². The van der Waals surface area contributed by atoms with Crippen LogP contribution in [0.2, 0.25) is 0 Å². The van der Waals surface area contributed by atoms with E-state index in [-0.39, 0.29) is 11.4 Å². The first-order chi connectivity index (χ1) is 14.2. The van der Waals surface area contributed by atoms with Crippen LogP contribution < -0.4 is 9.62 Å². The molecule has 5 nitrogen and oxygen atoms in total. The largest absolute Gasteiger partial charge is 0.325 e. The van der Waals surface area contributed by atoms with Gasteiger partial charge in [-0.25, -0.2) is 8.42 Å². The number of anilines is 2. The summed E-state index contributed by atoms with van der Waals surface area (Å²) >= 11 is 3.43. The SMILES string of the molecule is Cc1ccc(N(CC(=O)Nc2ccc(Br)c(C)c2)S(=O)(=O)c2ccccc2)cc1C. The molecule has 0 saturated carbocycles. The second-order valence-corrected chi connectivity index (χ2v) is 9.82. The predicted octanol–water partition coefficient (Wildman–Crippen LogP) is 5.21. The Labute approximate surface area is 185 Å². The Morgan fingerprint density at radius 2 is 1.60 bits per heavy atom. The van der Waals surface area contributed by atoms with Crippen molar-refractivity contribution in [2.45, 2.75) is 25.7 Å². The van der Waals surface area contributed by atoms with Crippen LogP contribution >= 0.6 is 15.9 Å². The van der Waals surface area contributed by atoms with E-state index in [0.717, 1.165) is 25.5 Å². The third-order valence-electron chi connectivity index (χ3n) is 4.84. The van der Waals surface area contributed by atoms with Gasteiger partial charge in [-0.3, -0.25) is 9.10 Å². The summed E-state index contributed by atoms with van der Waals surface area (Å²) in [6, 6.07) is 18.9. The maximum atomic E-state index is 13.4. The summed E-state index contributed by atoms with van der Waals surface area (Å²) < 4.78 is 28.8. The lowest BCUT2D eigenvalue weighted by molar-refractivity contribution is -0.114. The van der Waals surface area contributed by atoms with E-state index in [4.69, 9.17) is 0 Å². The van der Waals surface area contributed by atoms with Crippen molar-refractivity contribution in [1.29, 1.82) is 0 Å². The Morgan fingerprint density at radius 1 is 0.900 bits per heavy atom. The second kappa shape index (κ2) is 9.02. The maximum absolute atomic E-state index is 13.4. The molecule has 0 fully saturated rings. The number of nitrogens with one attached hydrogen (secondary N) is 1. The molecule has 3 aromatic carbocycles. The molecule has 0 unspecified atom stereocenters. The summed E-state index contributed by atoms with van der Waals surface area (Å²) in [5.41, 5.74) is 4.02. The van der Waals surface area contributed by atoms with Crippen molar-refractivity contribution in [2.75, 3.05) is 16.2 Å². The number of hydrogen-bond donors (Lipinski definition) is 1. The second-order valence-electron chi connectivity index (χ2n) is 7.11. The van der Waals surface area contributed by atoms with E-state index in [1.165, 1.54) is 12.1 Å². The first-order valence-corrected chi connectivity index (χ1v) is 11.6. The molecule has 0 radical (unpaired) electrons. The maximum Gasteiger partial charge on any atom is 0.264 e. The number of rotatable bonds is 6. The van der Waals surface area contributed by atoms with Gasteiger partial charge in [0.1, 0.15) is 6.54 Å². The van der Waals surface area contributed by atoms with Gasteiger partial charge < -0.3 is 5.32 Å². The molecule has 3 aromatic rings. The van der Waals surface area contributed by atoms with E-state index in [1.807, 2.05) is 39.0 Å². The van der Waals surface area contributed by atoms with Crippen molar-refractivity contribution in [3.8, 4) is 0 Å². The Balaban J connectivity index is 1.95. The number of aryl methyl sites for hydroxylation is 3. The van der Waals surface area contributed by atoms with Gasteiger partial charge in [-0.1, -0.05) is 40.2 Å². The number of carbonyl (C=O) groups excluding carboxylic acids is 1. The van der Waals surface area contributed by atoms with Crippen molar-refractivity contribution in [3.05, 3.63) is 87.9 Å². The number of carbonyl (C=O) groups is 1. The molecule has 7 heteroatoms. The molecule has 1 N–H and O–H groups in total. The highest BCUT2D eigenvalue weighted by Crippen LogP contribution is 2.26. The standard InChI is InChI=1S/C23H23BrN2O3S/c1-16-9-11-20(14-17(16)2)26(30(28,29)21-7-5-4-6-8-21)15-23(27)25-19-10-12-22(24)18(3)13-19/h4-14H,15H2,1-3H3,(H,25,27). The molecular weight excluding hydrogens is 464 g/mol. The highest BCUT2D eigenvalue weighted by atomic mass is 79.9.